The molecule has 1 fully saturated rings. The zero-order valence-electron chi connectivity index (χ0n) is 9.57. The number of carbonyl (C=O) groups is 1. The summed E-state index contributed by atoms with van der Waals surface area (Å²) in [7, 11) is 0. The van der Waals surface area contributed by atoms with Crippen molar-refractivity contribution < 1.29 is 4.79 Å². The summed E-state index contributed by atoms with van der Waals surface area (Å²) >= 11 is 5.71. The third-order valence-corrected chi connectivity index (χ3v) is 2.81. The summed E-state index contributed by atoms with van der Waals surface area (Å²) in [6.07, 6.45) is 2.62. The number of nitrogens with one attached hydrogen (secondary N) is 1. The van der Waals surface area contributed by atoms with Crippen LogP contribution in [-0.4, -0.2) is 21.5 Å². The standard InChI is InChI=1S/C11H14ClN3O2/c1-2-9-14-8(12)5-11(17)15(9)6-10(16)13-7-3-4-7/h5,7H,2-4,6H2,1H3,(H,13,16). The van der Waals surface area contributed by atoms with Crippen molar-refractivity contribution >= 4 is 17.5 Å². The van der Waals surface area contributed by atoms with Crippen molar-refractivity contribution in [3.63, 3.8) is 0 Å². The van der Waals surface area contributed by atoms with Crippen LogP contribution in [0.15, 0.2) is 10.9 Å². The van der Waals surface area contributed by atoms with Gasteiger partial charge in [0, 0.05) is 18.5 Å². The van der Waals surface area contributed by atoms with Gasteiger partial charge in [-0.05, 0) is 12.8 Å². The fourth-order valence-corrected chi connectivity index (χ4v) is 1.80. The molecule has 0 atom stereocenters. The number of aromatic nitrogens is 2. The second-order valence-electron chi connectivity index (χ2n) is 4.11. The van der Waals surface area contributed by atoms with E-state index in [4.69, 9.17) is 11.6 Å². The second-order valence-corrected chi connectivity index (χ2v) is 4.50. The number of rotatable bonds is 4. The second kappa shape index (κ2) is 4.87. The Bertz CT molecular complexity index is 494. The van der Waals surface area contributed by atoms with E-state index in [1.807, 2.05) is 6.92 Å². The largest absolute Gasteiger partial charge is 0.352 e. The molecule has 1 amide bonds. The molecule has 1 saturated carbocycles. The highest BCUT2D eigenvalue weighted by atomic mass is 35.5. The van der Waals surface area contributed by atoms with Gasteiger partial charge < -0.3 is 5.32 Å². The van der Waals surface area contributed by atoms with E-state index in [1.165, 1.54) is 10.6 Å². The number of aryl methyl sites for hydroxylation is 1. The van der Waals surface area contributed by atoms with Gasteiger partial charge in [-0.2, -0.15) is 0 Å². The lowest BCUT2D eigenvalue weighted by Crippen LogP contribution is -2.35. The smallest absolute Gasteiger partial charge is 0.255 e. The van der Waals surface area contributed by atoms with E-state index in [0.717, 1.165) is 12.8 Å². The third-order valence-electron chi connectivity index (χ3n) is 2.62. The highest BCUT2D eigenvalue weighted by Gasteiger charge is 2.23. The van der Waals surface area contributed by atoms with Gasteiger partial charge in [0.15, 0.2) is 0 Å². The molecule has 5 nitrogen and oxygen atoms in total. The van der Waals surface area contributed by atoms with Crippen LogP contribution < -0.4 is 10.9 Å². The first-order valence-electron chi connectivity index (χ1n) is 5.65. The van der Waals surface area contributed by atoms with Gasteiger partial charge >= 0.3 is 0 Å². The molecule has 1 aromatic heterocycles. The molecule has 2 rings (SSSR count). The lowest BCUT2D eigenvalue weighted by Gasteiger charge is -2.10. The fourth-order valence-electron chi connectivity index (χ4n) is 1.61. The molecule has 1 aliphatic carbocycles. The van der Waals surface area contributed by atoms with Crippen LogP contribution in [-0.2, 0) is 17.8 Å². The predicted molar refractivity (Wildman–Crippen MR) is 64.0 cm³/mol. The van der Waals surface area contributed by atoms with Crippen LogP contribution in [0.25, 0.3) is 0 Å². The molecule has 0 radical (unpaired) electrons. The molecular formula is C11H14ClN3O2. The molecule has 0 unspecified atom stereocenters. The number of hydrogen-bond acceptors (Lipinski definition) is 3. The molecule has 6 heteroatoms. The van der Waals surface area contributed by atoms with Crippen molar-refractivity contribution in [3.05, 3.63) is 27.4 Å². The van der Waals surface area contributed by atoms with Crippen molar-refractivity contribution in [2.45, 2.75) is 38.8 Å². The van der Waals surface area contributed by atoms with Gasteiger partial charge in [-0.3, -0.25) is 14.2 Å². The van der Waals surface area contributed by atoms with Crippen molar-refractivity contribution in [2.24, 2.45) is 0 Å². The number of nitrogens with zero attached hydrogens (tertiary/aromatic N) is 2. The highest BCUT2D eigenvalue weighted by Crippen LogP contribution is 2.18. The lowest BCUT2D eigenvalue weighted by atomic mass is 10.4. The molecule has 17 heavy (non-hydrogen) atoms. The van der Waals surface area contributed by atoms with Gasteiger partial charge in [-0.25, -0.2) is 4.98 Å². The van der Waals surface area contributed by atoms with Crippen LogP contribution in [0.1, 0.15) is 25.6 Å². The normalized spacial score (nSPS) is 14.7. The van der Waals surface area contributed by atoms with Gasteiger partial charge in [0.25, 0.3) is 5.56 Å². The Morgan fingerprint density at radius 1 is 1.65 bits per heavy atom. The molecule has 0 saturated heterocycles. The van der Waals surface area contributed by atoms with Crippen molar-refractivity contribution in [1.82, 2.24) is 14.9 Å². The molecule has 0 bridgehead atoms. The zero-order valence-corrected chi connectivity index (χ0v) is 10.3. The van der Waals surface area contributed by atoms with Gasteiger partial charge in [0.05, 0.1) is 0 Å². The molecule has 1 heterocycles. The van der Waals surface area contributed by atoms with Crippen LogP contribution in [0, 0.1) is 0 Å². The number of amides is 1. The van der Waals surface area contributed by atoms with Crippen LogP contribution in [0.4, 0.5) is 0 Å². The fraction of sp³-hybridized carbons (Fsp3) is 0.545. The molecule has 0 aromatic carbocycles. The zero-order chi connectivity index (χ0) is 12.4. The predicted octanol–water partition coefficient (Wildman–Crippen LogP) is 0.738. The molecular weight excluding hydrogens is 242 g/mol. The van der Waals surface area contributed by atoms with Gasteiger partial charge in [-0.15, -0.1) is 0 Å². The quantitative estimate of drug-likeness (QED) is 0.807. The van der Waals surface area contributed by atoms with Crippen LogP contribution in [0.3, 0.4) is 0 Å². The Morgan fingerprint density at radius 3 is 2.94 bits per heavy atom. The summed E-state index contributed by atoms with van der Waals surface area (Å²) in [5.41, 5.74) is -0.284. The van der Waals surface area contributed by atoms with Crippen LogP contribution in [0.5, 0.6) is 0 Å². The minimum Gasteiger partial charge on any atom is -0.352 e. The van der Waals surface area contributed by atoms with E-state index in [9.17, 15) is 9.59 Å². The maximum absolute atomic E-state index is 11.7. The molecule has 0 spiro atoms. The number of carbonyl (C=O) groups excluding carboxylic acids is 1. The highest BCUT2D eigenvalue weighted by molar-refractivity contribution is 6.29. The van der Waals surface area contributed by atoms with E-state index < -0.39 is 0 Å². The van der Waals surface area contributed by atoms with E-state index in [-0.39, 0.29) is 23.2 Å². The van der Waals surface area contributed by atoms with Crippen LogP contribution >= 0.6 is 11.6 Å². The molecule has 92 valence electrons. The number of halogens is 1. The lowest BCUT2D eigenvalue weighted by molar-refractivity contribution is -0.121. The van der Waals surface area contributed by atoms with Gasteiger partial charge in [0.1, 0.15) is 17.5 Å². The maximum Gasteiger partial charge on any atom is 0.255 e. The first-order valence-corrected chi connectivity index (χ1v) is 6.03. The topological polar surface area (TPSA) is 64.0 Å². The first kappa shape index (κ1) is 12.1. The van der Waals surface area contributed by atoms with E-state index >= 15 is 0 Å². The average Bonchev–Trinajstić information content (AvgIpc) is 3.05. The maximum atomic E-state index is 11.7. The summed E-state index contributed by atoms with van der Waals surface area (Å²) in [6, 6.07) is 1.52. The Kier molecular flexibility index (Phi) is 3.47. The van der Waals surface area contributed by atoms with Crippen molar-refractivity contribution in [3.8, 4) is 0 Å². The minimum absolute atomic E-state index is 0.0165. The first-order chi connectivity index (χ1) is 8.10. The van der Waals surface area contributed by atoms with Crippen molar-refractivity contribution in [2.75, 3.05) is 0 Å². The minimum atomic E-state index is -0.284. The summed E-state index contributed by atoms with van der Waals surface area (Å²) in [5.74, 6) is 0.391. The summed E-state index contributed by atoms with van der Waals surface area (Å²) in [5, 5.41) is 3.01. The summed E-state index contributed by atoms with van der Waals surface area (Å²) in [6.45, 7) is 1.88. The Labute approximate surface area is 104 Å². The Balaban J connectivity index is 2.18. The average molecular weight is 256 g/mol. The van der Waals surface area contributed by atoms with Gasteiger partial charge in [0.2, 0.25) is 5.91 Å². The number of hydrogen-bond donors (Lipinski definition) is 1. The van der Waals surface area contributed by atoms with Crippen LogP contribution in [0.2, 0.25) is 5.15 Å². The monoisotopic (exact) mass is 255 g/mol. The van der Waals surface area contributed by atoms with E-state index in [2.05, 4.69) is 10.3 Å². The Hall–Kier alpha value is -1.36. The molecule has 1 aromatic rings. The van der Waals surface area contributed by atoms with E-state index in [1.54, 1.807) is 0 Å². The SMILES string of the molecule is CCc1nc(Cl)cc(=O)n1CC(=O)NC1CC1. The summed E-state index contributed by atoms with van der Waals surface area (Å²) in [4.78, 5) is 27.4. The molecule has 0 aliphatic heterocycles. The summed E-state index contributed by atoms with van der Waals surface area (Å²) < 4.78 is 1.36. The molecule has 1 N–H and O–H groups in total. The van der Waals surface area contributed by atoms with Gasteiger partial charge in [-0.1, -0.05) is 18.5 Å². The Morgan fingerprint density at radius 2 is 2.35 bits per heavy atom. The van der Waals surface area contributed by atoms with Crippen molar-refractivity contribution in [1.29, 1.82) is 0 Å². The molecule has 1 aliphatic rings. The van der Waals surface area contributed by atoms with E-state index in [0.29, 0.717) is 18.3 Å². The third kappa shape index (κ3) is 3.06.